The molecule has 2 atom stereocenters. The van der Waals surface area contributed by atoms with Crippen LogP contribution in [-0.2, 0) is 11.2 Å². The normalized spacial score (nSPS) is 22.5. The van der Waals surface area contributed by atoms with Gasteiger partial charge in [0.1, 0.15) is 5.92 Å². The molecule has 0 aromatic heterocycles. The van der Waals surface area contributed by atoms with Gasteiger partial charge in [0, 0.05) is 12.1 Å². The van der Waals surface area contributed by atoms with Crippen LogP contribution in [0.4, 0.5) is 0 Å². The van der Waals surface area contributed by atoms with Gasteiger partial charge in [-0.1, -0.05) is 42.5 Å². The molecule has 1 amide bonds. The quantitative estimate of drug-likeness (QED) is 0.879. The van der Waals surface area contributed by atoms with E-state index in [1.165, 1.54) is 0 Å². The monoisotopic (exact) mass is 293 g/mol. The Hall–Kier alpha value is -2.62. The van der Waals surface area contributed by atoms with Gasteiger partial charge in [0.15, 0.2) is 0 Å². The standard InChI is InChI=1S/C18H15NO3/c20-17-14-8-4-3-7-13(14)15(18(21)22)16-12-6-2-1-5-11(12)9-10-19(16)17/h1-8,15-16H,9-10H2,(H,21,22)/t15-,16+/m1/s1. The fourth-order valence-corrected chi connectivity index (χ4v) is 3.74. The molecule has 0 spiro atoms. The van der Waals surface area contributed by atoms with Gasteiger partial charge in [-0.05, 0) is 29.2 Å². The van der Waals surface area contributed by atoms with Gasteiger partial charge in [-0.15, -0.1) is 0 Å². The van der Waals surface area contributed by atoms with E-state index in [1.807, 2.05) is 24.3 Å². The number of hydrogen-bond donors (Lipinski definition) is 1. The summed E-state index contributed by atoms with van der Waals surface area (Å²) in [5.74, 6) is -1.66. The summed E-state index contributed by atoms with van der Waals surface area (Å²) < 4.78 is 0. The number of aliphatic carboxylic acids is 1. The molecular weight excluding hydrogens is 278 g/mol. The van der Waals surface area contributed by atoms with Gasteiger partial charge in [-0.3, -0.25) is 9.59 Å². The highest BCUT2D eigenvalue weighted by atomic mass is 16.4. The van der Waals surface area contributed by atoms with Gasteiger partial charge in [0.2, 0.25) is 0 Å². The lowest BCUT2D eigenvalue weighted by molar-refractivity contribution is -0.140. The van der Waals surface area contributed by atoms with Crippen molar-refractivity contribution in [1.82, 2.24) is 4.90 Å². The van der Waals surface area contributed by atoms with E-state index in [0.29, 0.717) is 17.7 Å². The zero-order chi connectivity index (χ0) is 15.3. The van der Waals surface area contributed by atoms with Crippen LogP contribution in [0.1, 0.15) is 39.0 Å². The summed E-state index contributed by atoms with van der Waals surface area (Å²) in [6, 6.07) is 14.5. The summed E-state index contributed by atoms with van der Waals surface area (Å²) in [6.07, 6.45) is 0.771. The van der Waals surface area contributed by atoms with Crippen molar-refractivity contribution < 1.29 is 14.7 Å². The maximum absolute atomic E-state index is 12.8. The molecule has 2 aliphatic heterocycles. The van der Waals surface area contributed by atoms with Crippen LogP contribution in [0, 0.1) is 0 Å². The number of carboxylic acid groups (broad SMARTS) is 1. The predicted molar refractivity (Wildman–Crippen MR) is 80.7 cm³/mol. The highest BCUT2D eigenvalue weighted by Crippen LogP contribution is 2.45. The average molecular weight is 293 g/mol. The Kier molecular flexibility index (Phi) is 2.79. The first-order chi connectivity index (χ1) is 10.7. The second kappa shape index (κ2) is 4.70. The van der Waals surface area contributed by atoms with Crippen LogP contribution in [0.5, 0.6) is 0 Å². The SMILES string of the molecule is O=C(O)[C@@H]1c2ccccc2C(=O)N2CCc3ccccc3[C@@H]12. The van der Waals surface area contributed by atoms with Crippen LogP contribution >= 0.6 is 0 Å². The number of amides is 1. The Morgan fingerprint density at radius 2 is 1.73 bits per heavy atom. The zero-order valence-corrected chi connectivity index (χ0v) is 11.9. The van der Waals surface area contributed by atoms with E-state index in [4.69, 9.17) is 0 Å². The topological polar surface area (TPSA) is 57.6 Å². The third-order valence-electron chi connectivity index (χ3n) is 4.70. The molecule has 2 aliphatic rings. The molecule has 22 heavy (non-hydrogen) atoms. The Labute approximate surface area is 128 Å². The van der Waals surface area contributed by atoms with Crippen LogP contribution in [0.15, 0.2) is 48.5 Å². The second-order valence-corrected chi connectivity index (χ2v) is 5.80. The molecule has 2 aromatic carbocycles. The fourth-order valence-electron chi connectivity index (χ4n) is 3.74. The van der Waals surface area contributed by atoms with Crippen LogP contribution in [0.3, 0.4) is 0 Å². The summed E-state index contributed by atoms with van der Waals surface area (Å²) in [5.41, 5.74) is 3.25. The van der Waals surface area contributed by atoms with Crippen molar-refractivity contribution in [2.24, 2.45) is 0 Å². The minimum atomic E-state index is -0.883. The maximum Gasteiger partial charge on any atom is 0.313 e. The van der Waals surface area contributed by atoms with E-state index in [0.717, 1.165) is 17.5 Å². The third-order valence-corrected chi connectivity index (χ3v) is 4.70. The smallest absolute Gasteiger partial charge is 0.313 e. The molecule has 4 heteroatoms. The van der Waals surface area contributed by atoms with Gasteiger partial charge in [0.05, 0.1) is 6.04 Å². The summed E-state index contributed by atoms with van der Waals surface area (Å²) in [6.45, 7) is 0.568. The predicted octanol–water partition coefficient (Wildman–Crippen LogP) is 2.61. The minimum absolute atomic E-state index is 0.0624. The fraction of sp³-hybridized carbons (Fsp3) is 0.222. The van der Waals surface area contributed by atoms with Gasteiger partial charge in [-0.2, -0.15) is 0 Å². The second-order valence-electron chi connectivity index (χ2n) is 5.80. The van der Waals surface area contributed by atoms with Crippen molar-refractivity contribution in [2.45, 2.75) is 18.4 Å². The molecule has 4 rings (SSSR count). The first-order valence-corrected chi connectivity index (χ1v) is 7.39. The van der Waals surface area contributed by atoms with Crippen molar-refractivity contribution in [3.05, 3.63) is 70.8 Å². The van der Waals surface area contributed by atoms with Crippen LogP contribution in [0.2, 0.25) is 0 Å². The maximum atomic E-state index is 12.8. The lowest BCUT2D eigenvalue weighted by Gasteiger charge is -2.44. The highest BCUT2D eigenvalue weighted by Gasteiger charge is 2.46. The largest absolute Gasteiger partial charge is 0.481 e. The summed E-state index contributed by atoms with van der Waals surface area (Å²) >= 11 is 0. The molecule has 2 aromatic rings. The van der Waals surface area contributed by atoms with Gasteiger partial charge >= 0.3 is 5.97 Å². The first kappa shape index (κ1) is 13.1. The number of carboxylic acids is 1. The molecule has 4 nitrogen and oxygen atoms in total. The van der Waals surface area contributed by atoms with E-state index in [9.17, 15) is 14.7 Å². The molecule has 0 fully saturated rings. The Balaban J connectivity index is 1.97. The van der Waals surface area contributed by atoms with E-state index < -0.39 is 17.9 Å². The molecule has 1 N–H and O–H groups in total. The number of carbonyl (C=O) groups excluding carboxylic acids is 1. The van der Waals surface area contributed by atoms with Crippen molar-refractivity contribution >= 4 is 11.9 Å². The molecule has 0 saturated heterocycles. The molecule has 0 unspecified atom stereocenters. The molecule has 0 bridgehead atoms. The van der Waals surface area contributed by atoms with Crippen LogP contribution < -0.4 is 0 Å². The van der Waals surface area contributed by atoms with Crippen molar-refractivity contribution in [1.29, 1.82) is 0 Å². The summed E-state index contributed by atoms with van der Waals surface area (Å²) in [4.78, 5) is 26.4. The Morgan fingerprint density at radius 3 is 2.50 bits per heavy atom. The first-order valence-electron chi connectivity index (χ1n) is 7.39. The van der Waals surface area contributed by atoms with Gasteiger partial charge in [0.25, 0.3) is 5.91 Å². The molecule has 0 aliphatic carbocycles. The molecular formula is C18H15NO3. The zero-order valence-electron chi connectivity index (χ0n) is 11.9. The molecule has 110 valence electrons. The Morgan fingerprint density at radius 1 is 1.05 bits per heavy atom. The number of fused-ring (bicyclic) bond motifs is 4. The summed E-state index contributed by atoms with van der Waals surface area (Å²) in [7, 11) is 0. The number of nitrogens with zero attached hydrogens (tertiary/aromatic N) is 1. The van der Waals surface area contributed by atoms with Crippen molar-refractivity contribution in [2.75, 3.05) is 6.54 Å². The van der Waals surface area contributed by atoms with Crippen LogP contribution in [-0.4, -0.2) is 28.4 Å². The van der Waals surface area contributed by atoms with E-state index in [1.54, 1.807) is 29.2 Å². The lowest BCUT2D eigenvalue weighted by atomic mass is 9.76. The number of carbonyl (C=O) groups is 2. The Bertz CT molecular complexity index is 783. The van der Waals surface area contributed by atoms with E-state index >= 15 is 0 Å². The van der Waals surface area contributed by atoms with E-state index in [-0.39, 0.29) is 5.91 Å². The average Bonchev–Trinajstić information content (AvgIpc) is 2.54. The van der Waals surface area contributed by atoms with Crippen LogP contribution in [0.25, 0.3) is 0 Å². The minimum Gasteiger partial charge on any atom is -0.481 e. The highest BCUT2D eigenvalue weighted by molar-refractivity contribution is 6.00. The van der Waals surface area contributed by atoms with Gasteiger partial charge < -0.3 is 10.0 Å². The number of benzene rings is 2. The number of hydrogen-bond acceptors (Lipinski definition) is 2. The lowest BCUT2D eigenvalue weighted by Crippen LogP contribution is -2.48. The molecule has 0 saturated carbocycles. The van der Waals surface area contributed by atoms with Crippen molar-refractivity contribution in [3.8, 4) is 0 Å². The molecule has 0 radical (unpaired) electrons. The van der Waals surface area contributed by atoms with Crippen molar-refractivity contribution in [3.63, 3.8) is 0 Å². The summed E-state index contributed by atoms with van der Waals surface area (Å²) in [5, 5.41) is 9.80. The molecule has 2 heterocycles. The van der Waals surface area contributed by atoms with E-state index in [2.05, 4.69) is 0 Å². The third kappa shape index (κ3) is 1.70. The number of rotatable bonds is 1. The van der Waals surface area contributed by atoms with Gasteiger partial charge in [-0.25, -0.2) is 0 Å².